The molecule has 19 heavy (non-hydrogen) atoms. The summed E-state index contributed by atoms with van der Waals surface area (Å²) in [5, 5.41) is 0. The molecule has 1 aliphatic rings. The van der Waals surface area contributed by atoms with E-state index in [4.69, 9.17) is 13.8 Å². The molecule has 0 aromatic carbocycles. The molecule has 1 fully saturated rings. The molecule has 1 unspecified atom stereocenters. The fourth-order valence-corrected chi connectivity index (χ4v) is 4.99. The molecule has 1 saturated heterocycles. The van der Waals surface area contributed by atoms with Crippen LogP contribution in [0.15, 0.2) is 12.7 Å². The third kappa shape index (κ3) is 3.67. The summed E-state index contributed by atoms with van der Waals surface area (Å²) in [5.41, 5.74) is -0.846. The van der Waals surface area contributed by atoms with Crippen molar-refractivity contribution in [1.29, 1.82) is 0 Å². The molecule has 0 aromatic heterocycles. The summed E-state index contributed by atoms with van der Waals surface area (Å²) in [7, 11) is -3.37. The number of hydrogen-bond donors (Lipinski definition) is 0. The maximum atomic E-state index is 13.1. The summed E-state index contributed by atoms with van der Waals surface area (Å²) in [6.07, 6.45) is 1.58. The lowest BCUT2D eigenvalue weighted by Crippen LogP contribution is -2.61. The Kier molecular flexibility index (Phi) is 5.38. The third-order valence-corrected chi connectivity index (χ3v) is 5.58. The lowest BCUT2D eigenvalue weighted by Gasteiger charge is -2.53. The minimum absolute atomic E-state index is 0.195. The van der Waals surface area contributed by atoms with Gasteiger partial charge in [-0.1, -0.05) is 6.08 Å². The van der Waals surface area contributed by atoms with E-state index in [0.717, 1.165) is 0 Å². The van der Waals surface area contributed by atoms with E-state index >= 15 is 0 Å². The summed E-state index contributed by atoms with van der Waals surface area (Å²) in [5.74, 6) is 0. The fraction of sp³-hybridized carbons (Fsp3) is 0.846. The molecule has 6 heteroatoms. The molecule has 0 aliphatic carbocycles. The molecule has 1 heterocycles. The predicted octanol–water partition coefficient (Wildman–Crippen LogP) is 3.22. The van der Waals surface area contributed by atoms with Crippen LogP contribution in [0.25, 0.3) is 0 Å². The predicted molar refractivity (Wildman–Crippen MR) is 76.2 cm³/mol. The minimum atomic E-state index is -3.37. The Morgan fingerprint density at radius 2 is 1.79 bits per heavy atom. The first-order chi connectivity index (χ1) is 8.69. The first-order valence-electron chi connectivity index (χ1n) is 6.58. The van der Waals surface area contributed by atoms with Crippen LogP contribution in [0.2, 0.25) is 0 Å². The molecule has 0 N–H and O–H groups in total. The number of morpholine rings is 1. The number of nitrogens with zero attached hydrogens (tertiary/aromatic N) is 1. The largest absolute Gasteiger partial charge is 0.409 e. The monoisotopic (exact) mass is 291 g/mol. The van der Waals surface area contributed by atoms with Gasteiger partial charge < -0.3 is 4.74 Å². The van der Waals surface area contributed by atoms with E-state index in [1.54, 1.807) is 6.08 Å². The van der Waals surface area contributed by atoms with Crippen molar-refractivity contribution in [2.24, 2.45) is 0 Å². The molecular formula is C13H26NO4P. The molecule has 0 spiro atoms. The summed E-state index contributed by atoms with van der Waals surface area (Å²) >= 11 is 0. The van der Waals surface area contributed by atoms with E-state index < -0.39 is 18.8 Å². The summed E-state index contributed by atoms with van der Waals surface area (Å²) in [6.45, 7) is 14.8. The zero-order valence-corrected chi connectivity index (χ0v) is 13.5. The zero-order valence-electron chi connectivity index (χ0n) is 12.6. The van der Waals surface area contributed by atoms with Crippen molar-refractivity contribution < 1.29 is 18.3 Å². The van der Waals surface area contributed by atoms with Gasteiger partial charge in [-0.3, -0.25) is 9.05 Å². The summed E-state index contributed by atoms with van der Waals surface area (Å²) in [6, 6.07) is 0. The lowest BCUT2D eigenvalue weighted by atomic mass is 9.96. The van der Waals surface area contributed by atoms with E-state index in [1.807, 2.05) is 39.3 Å². The van der Waals surface area contributed by atoms with Crippen LogP contribution in [0.5, 0.6) is 0 Å². The van der Waals surface area contributed by atoms with Gasteiger partial charge in [-0.2, -0.15) is 4.67 Å². The Bertz CT molecular complexity index is 352. The first kappa shape index (κ1) is 16.9. The second-order valence-electron chi connectivity index (χ2n) is 5.90. The highest BCUT2D eigenvalue weighted by Gasteiger charge is 2.53. The SMILES string of the molecule is C=CCOP(=O)(OCC)N1C(C)(C)COCC1(C)C. The van der Waals surface area contributed by atoms with Crippen molar-refractivity contribution in [3.8, 4) is 0 Å². The molecule has 0 bridgehead atoms. The molecule has 0 saturated carbocycles. The maximum absolute atomic E-state index is 13.1. The van der Waals surface area contributed by atoms with E-state index in [1.165, 1.54) is 0 Å². The van der Waals surface area contributed by atoms with Crippen LogP contribution in [0.1, 0.15) is 34.6 Å². The number of ether oxygens (including phenoxy) is 1. The van der Waals surface area contributed by atoms with Crippen LogP contribution >= 0.6 is 7.75 Å². The van der Waals surface area contributed by atoms with Crippen molar-refractivity contribution in [1.82, 2.24) is 4.67 Å². The van der Waals surface area contributed by atoms with Gasteiger partial charge in [-0.25, -0.2) is 4.57 Å². The van der Waals surface area contributed by atoms with Gasteiger partial charge >= 0.3 is 7.75 Å². The fourth-order valence-electron chi connectivity index (χ4n) is 2.62. The van der Waals surface area contributed by atoms with Gasteiger partial charge in [0, 0.05) is 11.1 Å². The molecule has 1 aliphatic heterocycles. The molecule has 112 valence electrons. The van der Waals surface area contributed by atoms with Gasteiger partial charge in [0.25, 0.3) is 0 Å². The average Bonchev–Trinajstić information content (AvgIpc) is 2.24. The van der Waals surface area contributed by atoms with Gasteiger partial charge in [-0.05, 0) is 34.6 Å². The van der Waals surface area contributed by atoms with Gasteiger partial charge in [0.2, 0.25) is 0 Å². The second-order valence-corrected chi connectivity index (χ2v) is 7.75. The molecule has 0 amide bonds. The van der Waals surface area contributed by atoms with Crippen LogP contribution in [-0.2, 0) is 18.3 Å². The van der Waals surface area contributed by atoms with Crippen LogP contribution in [0.4, 0.5) is 0 Å². The normalized spacial score (nSPS) is 25.7. The van der Waals surface area contributed by atoms with E-state index in [2.05, 4.69) is 6.58 Å². The zero-order chi connectivity index (χ0) is 14.7. The van der Waals surface area contributed by atoms with E-state index in [0.29, 0.717) is 19.8 Å². The third-order valence-electron chi connectivity index (χ3n) is 2.95. The quantitative estimate of drug-likeness (QED) is 0.555. The van der Waals surface area contributed by atoms with Crippen molar-refractivity contribution in [2.75, 3.05) is 26.4 Å². The number of hydrogen-bond acceptors (Lipinski definition) is 4. The van der Waals surface area contributed by atoms with Crippen LogP contribution in [0, 0.1) is 0 Å². The topological polar surface area (TPSA) is 48.0 Å². The minimum Gasteiger partial charge on any atom is -0.378 e. The molecule has 0 aromatic rings. The molecule has 5 nitrogen and oxygen atoms in total. The highest BCUT2D eigenvalue weighted by molar-refractivity contribution is 7.51. The van der Waals surface area contributed by atoms with Gasteiger partial charge in [0.05, 0.1) is 26.4 Å². The number of rotatable bonds is 6. The smallest absolute Gasteiger partial charge is 0.378 e. The van der Waals surface area contributed by atoms with Crippen LogP contribution < -0.4 is 0 Å². The molecular weight excluding hydrogens is 265 g/mol. The Morgan fingerprint density at radius 3 is 2.21 bits per heavy atom. The summed E-state index contributed by atoms with van der Waals surface area (Å²) < 4.78 is 31.6. The summed E-state index contributed by atoms with van der Waals surface area (Å²) in [4.78, 5) is 0. The Hall–Kier alpha value is -0.190. The highest BCUT2D eigenvalue weighted by Crippen LogP contribution is 2.59. The maximum Gasteiger partial charge on any atom is 0.409 e. The molecule has 1 atom stereocenters. The van der Waals surface area contributed by atoms with Crippen LogP contribution in [-0.4, -0.2) is 42.2 Å². The van der Waals surface area contributed by atoms with E-state index in [9.17, 15) is 4.57 Å². The van der Waals surface area contributed by atoms with Crippen molar-refractivity contribution in [2.45, 2.75) is 45.7 Å². The van der Waals surface area contributed by atoms with Gasteiger partial charge in [0.1, 0.15) is 0 Å². The second kappa shape index (κ2) is 6.06. The molecule has 1 rings (SSSR count). The van der Waals surface area contributed by atoms with Crippen molar-refractivity contribution in [3.05, 3.63) is 12.7 Å². The Morgan fingerprint density at radius 1 is 1.26 bits per heavy atom. The van der Waals surface area contributed by atoms with Gasteiger partial charge in [-0.15, -0.1) is 6.58 Å². The van der Waals surface area contributed by atoms with Crippen molar-refractivity contribution >= 4 is 7.75 Å². The van der Waals surface area contributed by atoms with Gasteiger partial charge in [0.15, 0.2) is 0 Å². The van der Waals surface area contributed by atoms with Crippen molar-refractivity contribution in [3.63, 3.8) is 0 Å². The Labute approximate surface area is 116 Å². The first-order valence-corrected chi connectivity index (χ1v) is 8.08. The highest BCUT2D eigenvalue weighted by atomic mass is 31.2. The Balaban J connectivity index is 3.15. The average molecular weight is 291 g/mol. The van der Waals surface area contributed by atoms with Crippen LogP contribution in [0.3, 0.4) is 0 Å². The lowest BCUT2D eigenvalue weighted by molar-refractivity contribution is -0.0953. The molecule has 0 radical (unpaired) electrons. The standard InChI is InChI=1S/C13H26NO4P/c1-7-9-18-19(15,17-8-2)14-12(3,4)10-16-11-13(14,5)6/h7H,1,8-11H2,2-6H3. The van der Waals surface area contributed by atoms with E-state index in [-0.39, 0.29) is 6.61 Å².